The summed E-state index contributed by atoms with van der Waals surface area (Å²) in [6, 6.07) is 25.7. The van der Waals surface area contributed by atoms with Gasteiger partial charge in [-0.2, -0.15) is 0 Å². The fraction of sp³-hybridized carbons (Fsp3) is 0.226. The second-order valence-electron chi connectivity index (χ2n) is 9.69. The van der Waals surface area contributed by atoms with Gasteiger partial charge in [-0.05, 0) is 54.4 Å². The van der Waals surface area contributed by atoms with Crippen LogP contribution in [0.2, 0.25) is 5.02 Å². The first-order chi connectivity index (χ1) is 19.3. The van der Waals surface area contributed by atoms with E-state index in [1.165, 1.54) is 20.3 Å². The largest absolute Gasteiger partial charge is 0.493 e. The molecule has 4 aromatic carbocycles. The van der Waals surface area contributed by atoms with E-state index in [1.807, 2.05) is 61.6 Å². The van der Waals surface area contributed by atoms with Gasteiger partial charge in [0.1, 0.15) is 11.9 Å². The van der Waals surface area contributed by atoms with E-state index in [0.717, 1.165) is 30.6 Å². The van der Waals surface area contributed by atoms with Crippen molar-refractivity contribution in [3.8, 4) is 39.5 Å². The molecule has 1 atom stereocenters. The molecule has 1 saturated heterocycles. The lowest BCUT2D eigenvalue weighted by Gasteiger charge is -2.18. The van der Waals surface area contributed by atoms with Gasteiger partial charge < -0.3 is 19.1 Å². The highest BCUT2D eigenvalue weighted by Crippen LogP contribution is 2.40. The average molecular weight is 579 g/mol. The van der Waals surface area contributed by atoms with Gasteiger partial charge in [-0.25, -0.2) is 8.42 Å². The molecule has 1 fully saturated rings. The van der Waals surface area contributed by atoms with Crippen molar-refractivity contribution >= 4 is 27.3 Å². The van der Waals surface area contributed by atoms with Gasteiger partial charge in [0, 0.05) is 30.8 Å². The molecule has 0 spiro atoms. The zero-order valence-electron chi connectivity index (χ0n) is 22.6. The Labute approximate surface area is 240 Å². The van der Waals surface area contributed by atoms with Crippen molar-refractivity contribution in [2.75, 3.05) is 39.1 Å². The SMILES string of the molecule is COc1cc(-c2cccc(-c3ccccc3)c2)c(S(=O)(=O)Nc2ccc(Cl)c(O[C@@H]3CCN(C)C3)c2)cc1OC. The van der Waals surface area contributed by atoms with Crippen LogP contribution >= 0.6 is 11.6 Å². The van der Waals surface area contributed by atoms with E-state index < -0.39 is 10.0 Å². The van der Waals surface area contributed by atoms with E-state index in [2.05, 4.69) is 9.62 Å². The number of likely N-dealkylation sites (tertiary alicyclic amines) is 1. The van der Waals surface area contributed by atoms with Gasteiger partial charge in [-0.1, -0.05) is 60.1 Å². The summed E-state index contributed by atoms with van der Waals surface area (Å²) in [5.41, 5.74) is 3.51. The van der Waals surface area contributed by atoms with Crippen LogP contribution in [0.5, 0.6) is 17.2 Å². The van der Waals surface area contributed by atoms with Crippen LogP contribution in [-0.4, -0.2) is 53.8 Å². The molecular weight excluding hydrogens is 548 g/mol. The summed E-state index contributed by atoms with van der Waals surface area (Å²) in [6.07, 6.45) is 0.864. The lowest BCUT2D eigenvalue weighted by atomic mass is 9.99. The van der Waals surface area contributed by atoms with Crippen molar-refractivity contribution < 1.29 is 22.6 Å². The molecule has 0 unspecified atom stereocenters. The van der Waals surface area contributed by atoms with Crippen LogP contribution in [0.4, 0.5) is 5.69 Å². The van der Waals surface area contributed by atoms with Crippen molar-refractivity contribution in [3.05, 3.63) is 90.0 Å². The molecule has 1 aliphatic rings. The zero-order chi connectivity index (χ0) is 28.3. The van der Waals surface area contributed by atoms with Crippen molar-refractivity contribution in [3.63, 3.8) is 0 Å². The minimum Gasteiger partial charge on any atom is -0.493 e. The number of hydrogen-bond donors (Lipinski definition) is 1. The Kier molecular flexibility index (Phi) is 8.21. The quantitative estimate of drug-likeness (QED) is 0.242. The number of nitrogens with one attached hydrogen (secondary N) is 1. The third-order valence-electron chi connectivity index (χ3n) is 6.88. The molecule has 0 radical (unpaired) electrons. The van der Waals surface area contributed by atoms with Crippen LogP contribution in [0.15, 0.2) is 89.8 Å². The van der Waals surface area contributed by atoms with Crippen LogP contribution in [0.25, 0.3) is 22.3 Å². The maximum absolute atomic E-state index is 13.9. The Hall–Kier alpha value is -3.72. The number of nitrogens with zero attached hydrogens (tertiary/aromatic N) is 1. The fourth-order valence-corrected chi connectivity index (χ4v) is 6.28. The molecule has 0 bridgehead atoms. The maximum atomic E-state index is 13.9. The van der Waals surface area contributed by atoms with Gasteiger partial charge in [0.25, 0.3) is 10.0 Å². The Morgan fingerprint density at radius 3 is 2.23 bits per heavy atom. The van der Waals surface area contributed by atoms with Crippen LogP contribution in [0, 0.1) is 0 Å². The number of hydrogen-bond acceptors (Lipinski definition) is 6. The Morgan fingerprint density at radius 2 is 1.52 bits per heavy atom. The van der Waals surface area contributed by atoms with E-state index >= 15 is 0 Å². The number of halogens is 1. The monoisotopic (exact) mass is 578 g/mol. The zero-order valence-corrected chi connectivity index (χ0v) is 24.1. The number of sulfonamides is 1. The number of methoxy groups -OCH3 is 2. The van der Waals surface area contributed by atoms with Crippen LogP contribution < -0.4 is 18.9 Å². The van der Waals surface area contributed by atoms with Gasteiger partial charge in [0.15, 0.2) is 11.5 Å². The van der Waals surface area contributed by atoms with Crippen molar-refractivity contribution in [2.45, 2.75) is 17.4 Å². The first kappa shape index (κ1) is 27.8. The number of likely N-dealkylation sites (N-methyl/N-ethyl adjacent to an activating group) is 1. The second kappa shape index (κ2) is 11.8. The smallest absolute Gasteiger partial charge is 0.262 e. The van der Waals surface area contributed by atoms with E-state index in [4.69, 9.17) is 25.8 Å². The number of benzene rings is 4. The molecule has 0 saturated carbocycles. The molecule has 9 heteroatoms. The normalized spacial score (nSPS) is 15.6. The Morgan fingerprint density at radius 1 is 0.825 bits per heavy atom. The third-order valence-corrected chi connectivity index (χ3v) is 8.61. The summed E-state index contributed by atoms with van der Waals surface area (Å²) in [7, 11) is 0.941. The van der Waals surface area contributed by atoms with Gasteiger partial charge in [0.05, 0.1) is 29.8 Å². The molecule has 40 heavy (non-hydrogen) atoms. The molecule has 1 heterocycles. The first-order valence-corrected chi connectivity index (χ1v) is 14.7. The molecule has 1 N–H and O–H groups in total. The average Bonchev–Trinajstić information content (AvgIpc) is 3.38. The number of rotatable bonds is 9. The van der Waals surface area contributed by atoms with Crippen LogP contribution in [0.1, 0.15) is 6.42 Å². The molecule has 0 aromatic heterocycles. The topological polar surface area (TPSA) is 77.1 Å². The van der Waals surface area contributed by atoms with Crippen LogP contribution in [-0.2, 0) is 10.0 Å². The molecule has 208 valence electrons. The highest BCUT2D eigenvalue weighted by Gasteiger charge is 2.25. The molecule has 0 amide bonds. The predicted molar refractivity (Wildman–Crippen MR) is 159 cm³/mol. The lowest BCUT2D eigenvalue weighted by Crippen LogP contribution is -2.21. The molecule has 1 aliphatic heterocycles. The fourth-order valence-electron chi connectivity index (χ4n) is 4.84. The minimum atomic E-state index is -4.09. The highest BCUT2D eigenvalue weighted by molar-refractivity contribution is 7.92. The minimum absolute atomic E-state index is 0.0105. The summed E-state index contributed by atoms with van der Waals surface area (Å²) in [4.78, 5) is 2.22. The third kappa shape index (κ3) is 6.04. The summed E-state index contributed by atoms with van der Waals surface area (Å²) < 4.78 is 47.6. The van der Waals surface area contributed by atoms with Crippen LogP contribution in [0.3, 0.4) is 0 Å². The van der Waals surface area contributed by atoms with Gasteiger partial charge in [-0.15, -0.1) is 0 Å². The van der Waals surface area contributed by atoms with E-state index in [0.29, 0.717) is 39.1 Å². The second-order valence-corrected chi connectivity index (χ2v) is 11.7. The highest BCUT2D eigenvalue weighted by atomic mass is 35.5. The first-order valence-electron chi connectivity index (χ1n) is 12.9. The molecule has 7 nitrogen and oxygen atoms in total. The molecular formula is C31H31ClN2O5S. The predicted octanol–water partition coefficient (Wildman–Crippen LogP) is 6.57. The van der Waals surface area contributed by atoms with Gasteiger partial charge in [-0.3, -0.25) is 4.72 Å². The van der Waals surface area contributed by atoms with Gasteiger partial charge >= 0.3 is 0 Å². The van der Waals surface area contributed by atoms with Crippen molar-refractivity contribution in [1.29, 1.82) is 0 Å². The number of anilines is 1. The molecule has 5 rings (SSSR count). The summed E-state index contributed by atoms with van der Waals surface area (Å²) in [5, 5.41) is 0.419. The maximum Gasteiger partial charge on any atom is 0.262 e. The Bertz CT molecular complexity index is 1610. The molecule has 0 aliphatic carbocycles. The van der Waals surface area contributed by atoms with Crippen molar-refractivity contribution in [1.82, 2.24) is 4.90 Å². The standard InChI is InChI=1S/C31H31ClN2O5S/c1-34-15-14-25(20-34)39-28-17-24(12-13-27(28)32)33-40(35,36)31-19-30(38-3)29(37-2)18-26(31)23-11-7-10-22(16-23)21-8-5-4-6-9-21/h4-13,16-19,25,33H,14-15,20H2,1-3H3/t25-/m1/s1. The Balaban J connectivity index is 1.54. The van der Waals surface area contributed by atoms with Crippen molar-refractivity contribution in [2.24, 2.45) is 0 Å². The van der Waals surface area contributed by atoms with E-state index in [-0.39, 0.29) is 11.0 Å². The van der Waals surface area contributed by atoms with Gasteiger partial charge in [0.2, 0.25) is 0 Å². The molecule has 4 aromatic rings. The van der Waals surface area contributed by atoms with E-state index in [1.54, 1.807) is 24.3 Å². The summed E-state index contributed by atoms with van der Waals surface area (Å²) in [6.45, 7) is 1.71. The van der Waals surface area contributed by atoms with E-state index in [9.17, 15) is 8.42 Å². The summed E-state index contributed by atoms with van der Waals surface area (Å²) >= 11 is 6.40. The lowest BCUT2D eigenvalue weighted by molar-refractivity contribution is 0.208. The number of ether oxygens (including phenoxy) is 3. The summed E-state index contributed by atoms with van der Waals surface area (Å²) in [5.74, 6) is 1.16.